The number of nitrogens with one attached hydrogen (secondary N) is 1. The summed E-state index contributed by atoms with van der Waals surface area (Å²) in [5.74, 6) is -0.231. The Bertz CT molecular complexity index is 324. The number of hydrogen-bond donors (Lipinski definition) is 1. The standard InChI is InChI=1S/C11H19N3O2/c1-4-13-11(3,10(15)16-5-2)8-14-7-6-12-9-14/h6-7,9,13H,4-5,8H2,1-3H3. The van der Waals surface area contributed by atoms with Crippen molar-refractivity contribution in [2.45, 2.75) is 32.9 Å². The molecule has 5 heteroatoms. The second-order valence-electron chi connectivity index (χ2n) is 3.82. The molecule has 0 saturated carbocycles. The quantitative estimate of drug-likeness (QED) is 0.728. The average molecular weight is 225 g/mol. The number of rotatable bonds is 6. The molecule has 0 bridgehead atoms. The Balaban J connectivity index is 2.75. The number of nitrogens with zero attached hydrogens (tertiary/aromatic N) is 2. The van der Waals surface area contributed by atoms with Crippen molar-refractivity contribution in [3.63, 3.8) is 0 Å². The number of esters is 1. The van der Waals surface area contributed by atoms with Crippen LogP contribution in [0.15, 0.2) is 18.7 Å². The summed E-state index contributed by atoms with van der Waals surface area (Å²) in [7, 11) is 0. The maximum absolute atomic E-state index is 11.9. The van der Waals surface area contributed by atoms with E-state index in [1.54, 1.807) is 12.5 Å². The first-order valence-corrected chi connectivity index (χ1v) is 5.50. The Kier molecular flexibility index (Phi) is 4.49. The van der Waals surface area contributed by atoms with Crippen LogP contribution in [0.1, 0.15) is 20.8 Å². The molecular weight excluding hydrogens is 206 g/mol. The zero-order chi connectivity index (χ0) is 12.0. The summed E-state index contributed by atoms with van der Waals surface area (Å²) in [6.07, 6.45) is 5.21. The zero-order valence-corrected chi connectivity index (χ0v) is 10.1. The van der Waals surface area contributed by atoms with Crippen LogP contribution in [-0.4, -0.2) is 34.2 Å². The van der Waals surface area contributed by atoms with Crippen molar-refractivity contribution < 1.29 is 9.53 Å². The van der Waals surface area contributed by atoms with Crippen LogP contribution in [-0.2, 0) is 16.1 Å². The summed E-state index contributed by atoms with van der Waals surface area (Å²) in [4.78, 5) is 15.8. The predicted octanol–water partition coefficient (Wildman–Crippen LogP) is 0.814. The van der Waals surface area contributed by atoms with Crippen molar-refractivity contribution >= 4 is 5.97 Å². The van der Waals surface area contributed by atoms with Gasteiger partial charge in [0.05, 0.1) is 19.5 Å². The van der Waals surface area contributed by atoms with Crippen molar-refractivity contribution in [3.05, 3.63) is 18.7 Å². The Labute approximate surface area is 95.8 Å². The highest BCUT2D eigenvalue weighted by Gasteiger charge is 2.34. The van der Waals surface area contributed by atoms with Gasteiger partial charge in [0.25, 0.3) is 0 Å². The first-order chi connectivity index (χ1) is 7.62. The number of likely N-dealkylation sites (N-methyl/N-ethyl adjacent to an activating group) is 1. The normalized spacial score (nSPS) is 14.4. The van der Waals surface area contributed by atoms with Gasteiger partial charge in [0, 0.05) is 12.4 Å². The van der Waals surface area contributed by atoms with E-state index in [2.05, 4.69) is 10.3 Å². The van der Waals surface area contributed by atoms with E-state index in [0.717, 1.165) is 0 Å². The molecule has 1 unspecified atom stereocenters. The molecule has 16 heavy (non-hydrogen) atoms. The minimum atomic E-state index is -0.703. The van der Waals surface area contributed by atoms with Crippen molar-refractivity contribution in [1.82, 2.24) is 14.9 Å². The third-order valence-electron chi connectivity index (χ3n) is 2.35. The summed E-state index contributed by atoms with van der Waals surface area (Å²) in [6.45, 7) is 7.23. The van der Waals surface area contributed by atoms with E-state index in [1.807, 2.05) is 31.5 Å². The molecule has 1 heterocycles. The number of aromatic nitrogens is 2. The van der Waals surface area contributed by atoms with Gasteiger partial charge in [-0.2, -0.15) is 0 Å². The summed E-state index contributed by atoms with van der Waals surface area (Å²) in [5.41, 5.74) is -0.703. The van der Waals surface area contributed by atoms with Gasteiger partial charge in [-0.3, -0.25) is 0 Å². The van der Waals surface area contributed by atoms with E-state index in [-0.39, 0.29) is 5.97 Å². The van der Waals surface area contributed by atoms with Crippen LogP contribution in [0.25, 0.3) is 0 Å². The van der Waals surface area contributed by atoms with E-state index < -0.39 is 5.54 Å². The van der Waals surface area contributed by atoms with Gasteiger partial charge >= 0.3 is 5.97 Å². The SMILES string of the molecule is CCNC(C)(Cn1ccnc1)C(=O)OCC. The zero-order valence-electron chi connectivity index (χ0n) is 10.1. The fraction of sp³-hybridized carbons (Fsp3) is 0.636. The smallest absolute Gasteiger partial charge is 0.327 e. The Morgan fingerprint density at radius 1 is 1.56 bits per heavy atom. The number of carbonyl (C=O) groups excluding carboxylic acids is 1. The van der Waals surface area contributed by atoms with Crippen LogP contribution in [0.3, 0.4) is 0 Å². The van der Waals surface area contributed by atoms with Gasteiger partial charge in [-0.05, 0) is 20.4 Å². The molecule has 1 rings (SSSR count). The van der Waals surface area contributed by atoms with E-state index >= 15 is 0 Å². The fourth-order valence-corrected chi connectivity index (χ4v) is 1.62. The van der Waals surface area contributed by atoms with Gasteiger partial charge in [0.1, 0.15) is 5.54 Å². The molecule has 1 atom stereocenters. The lowest BCUT2D eigenvalue weighted by atomic mass is 10.0. The monoisotopic (exact) mass is 225 g/mol. The number of carbonyl (C=O) groups is 1. The minimum Gasteiger partial charge on any atom is -0.465 e. The molecule has 0 amide bonds. The Morgan fingerprint density at radius 2 is 2.31 bits per heavy atom. The maximum Gasteiger partial charge on any atom is 0.327 e. The van der Waals surface area contributed by atoms with Crippen LogP contribution in [0, 0.1) is 0 Å². The van der Waals surface area contributed by atoms with Crippen molar-refractivity contribution in [2.75, 3.05) is 13.2 Å². The summed E-state index contributed by atoms with van der Waals surface area (Å²) in [6, 6.07) is 0. The molecule has 90 valence electrons. The molecule has 0 aliphatic rings. The topological polar surface area (TPSA) is 56.2 Å². The van der Waals surface area contributed by atoms with Crippen LogP contribution in [0.5, 0.6) is 0 Å². The Morgan fingerprint density at radius 3 is 2.81 bits per heavy atom. The average Bonchev–Trinajstić information content (AvgIpc) is 2.71. The van der Waals surface area contributed by atoms with Crippen molar-refractivity contribution in [1.29, 1.82) is 0 Å². The first-order valence-electron chi connectivity index (χ1n) is 5.50. The van der Waals surface area contributed by atoms with Gasteiger partial charge in [0.2, 0.25) is 0 Å². The maximum atomic E-state index is 11.9. The third-order valence-corrected chi connectivity index (χ3v) is 2.35. The van der Waals surface area contributed by atoms with Crippen molar-refractivity contribution in [3.8, 4) is 0 Å². The van der Waals surface area contributed by atoms with Gasteiger partial charge in [-0.1, -0.05) is 6.92 Å². The fourth-order valence-electron chi connectivity index (χ4n) is 1.62. The van der Waals surface area contributed by atoms with E-state index in [1.165, 1.54) is 0 Å². The highest BCUT2D eigenvalue weighted by Crippen LogP contribution is 2.10. The van der Waals surface area contributed by atoms with E-state index in [9.17, 15) is 4.79 Å². The molecule has 1 aromatic heterocycles. The molecule has 0 aliphatic carbocycles. The molecule has 1 aromatic rings. The number of ether oxygens (including phenoxy) is 1. The molecule has 5 nitrogen and oxygen atoms in total. The summed E-state index contributed by atoms with van der Waals surface area (Å²) < 4.78 is 6.93. The predicted molar refractivity (Wildman–Crippen MR) is 60.9 cm³/mol. The van der Waals surface area contributed by atoms with E-state index in [0.29, 0.717) is 19.7 Å². The Hall–Kier alpha value is -1.36. The van der Waals surface area contributed by atoms with Gasteiger partial charge in [-0.25, -0.2) is 9.78 Å². The molecule has 0 fully saturated rings. The lowest BCUT2D eigenvalue weighted by Crippen LogP contribution is -2.53. The number of imidazole rings is 1. The van der Waals surface area contributed by atoms with Gasteiger partial charge in [0.15, 0.2) is 0 Å². The highest BCUT2D eigenvalue weighted by molar-refractivity contribution is 5.80. The van der Waals surface area contributed by atoms with Crippen LogP contribution < -0.4 is 5.32 Å². The highest BCUT2D eigenvalue weighted by atomic mass is 16.5. The lowest BCUT2D eigenvalue weighted by Gasteiger charge is -2.28. The van der Waals surface area contributed by atoms with E-state index in [4.69, 9.17) is 4.74 Å². The van der Waals surface area contributed by atoms with Gasteiger partial charge < -0.3 is 14.6 Å². The second-order valence-corrected chi connectivity index (χ2v) is 3.82. The van der Waals surface area contributed by atoms with Crippen LogP contribution in [0.4, 0.5) is 0 Å². The molecule has 1 N–H and O–H groups in total. The van der Waals surface area contributed by atoms with Crippen molar-refractivity contribution in [2.24, 2.45) is 0 Å². The summed E-state index contributed by atoms with van der Waals surface area (Å²) in [5, 5.41) is 3.16. The lowest BCUT2D eigenvalue weighted by molar-refractivity contribution is -0.151. The van der Waals surface area contributed by atoms with Crippen LogP contribution >= 0.6 is 0 Å². The van der Waals surface area contributed by atoms with Crippen LogP contribution in [0.2, 0.25) is 0 Å². The number of hydrogen-bond acceptors (Lipinski definition) is 4. The molecule has 0 aliphatic heterocycles. The molecule has 0 radical (unpaired) electrons. The largest absolute Gasteiger partial charge is 0.465 e. The third kappa shape index (κ3) is 3.06. The van der Waals surface area contributed by atoms with Gasteiger partial charge in [-0.15, -0.1) is 0 Å². The molecule has 0 spiro atoms. The summed E-state index contributed by atoms with van der Waals surface area (Å²) >= 11 is 0. The second kappa shape index (κ2) is 5.65. The minimum absolute atomic E-state index is 0.231. The molecule has 0 saturated heterocycles. The molecule has 0 aromatic carbocycles. The molecular formula is C11H19N3O2. The first kappa shape index (κ1) is 12.7.